The molecule has 4 heteroatoms. The van der Waals surface area contributed by atoms with Gasteiger partial charge < -0.3 is 10.2 Å². The second-order valence-electron chi connectivity index (χ2n) is 8.36. The van der Waals surface area contributed by atoms with Crippen molar-refractivity contribution in [3.63, 3.8) is 0 Å². The van der Waals surface area contributed by atoms with Crippen LogP contribution in [-0.2, 0) is 24.2 Å². The van der Waals surface area contributed by atoms with Crippen molar-refractivity contribution < 1.29 is 4.79 Å². The van der Waals surface area contributed by atoms with Crippen LogP contribution >= 0.6 is 0 Å². The summed E-state index contributed by atoms with van der Waals surface area (Å²) in [5.74, 6) is 0.0466. The molecule has 1 N–H and O–H groups in total. The molecule has 0 spiro atoms. The van der Waals surface area contributed by atoms with Crippen molar-refractivity contribution in [2.24, 2.45) is 0 Å². The highest BCUT2D eigenvalue weighted by Gasteiger charge is 2.20. The van der Waals surface area contributed by atoms with Gasteiger partial charge in [-0.3, -0.25) is 9.69 Å². The van der Waals surface area contributed by atoms with Crippen molar-refractivity contribution in [2.75, 3.05) is 29.9 Å². The number of hydrogen-bond acceptors (Lipinski definition) is 3. The van der Waals surface area contributed by atoms with Gasteiger partial charge in [-0.2, -0.15) is 0 Å². The highest BCUT2D eigenvalue weighted by molar-refractivity contribution is 5.92. The molecule has 0 aliphatic carbocycles. The van der Waals surface area contributed by atoms with Crippen molar-refractivity contribution in [1.82, 2.24) is 4.90 Å². The van der Waals surface area contributed by atoms with Crippen LogP contribution in [0.25, 0.3) is 0 Å². The topological polar surface area (TPSA) is 35.6 Å². The quantitative estimate of drug-likeness (QED) is 0.694. The molecule has 5 rings (SSSR count). The van der Waals surface area contributed by atoms with Gasteiger partial charge in [0.15, 0.2) is 0 Å². The average molecular weight is 398 g/mol. The lowest BCUT2D eigenvalue weighted by Gasteiger charge is -2.28. The summed E-state index contributed by atoms with van der Waals surface area (Å²) in [5, 5.41) is 3.06. The Morgan fingerprint density at radius 3 is 2.57 bits per heavy atom. The van der Waals surface area contributed by atoms with Gasteiger partial charge in [0, 0.05) is 36.7 Å². The molecule has 0 fully saturated rings. The van der Waals surface area contributed by atoms with Crippen molar-refractivity contribution in [2.45, 2.75) is 26.3 Å². The number of nitrogens with one attached hydrogen (secondary N) is 1. The SMILES string of the molecule is Cc1ccc2c(c1)CN(CC(=O)Nc1ccc(N3CCc4ccccc43)cc1)CC2. The molecule has 30 heavy (non-hydrogen) atoms. The third-order valence-corrected chi connectivity index (χ3v) is 6.17. The Labute approximate surface area is 178 Å². The van der Waals surface area contributed by atoms with E-state index in [4.69, 9.17) is 0 Å². The predicted molar refractivity (Wildman–Crippen MR) is 122 cm³/mol. The molecule has 0 saturated carbocycles. The number of para-hydroxylation sites is 1. The maximum absolute atomic E-state index is 12.6. The number of hydrogen-bond donors (Lipinski definition) is 1. The summed E-state index contributed by atoms with van der Waals surface area (Å²) in [7, 11) is 0. The van der Waals surface area contributed by atoms with Gasteiger partial charge in [-0.05, 0) is 66.8 Å². The number of amides is 1. The van der Waals surface area contributed by atoms with Gasteiger partial charge in [0.05, 0.1) is 6.54 Å². The van der Waals surface area contributed by atoms with Crippen LogP contribution in [0.1, 0.15) is 22.3 Å². The second kappa shape index (κ2) is 7.96. The van der Waals surface area contributed by atoms with Crippen molar-refractivity contribution in [3.8, 4) is 0 Å². The summed E-state index contributed by atoms with van der Waals surface area (Å²) in [4.78, 5) is 17.2. The van der Waals surface area contributed by atoms with Crippen LogP contribution in [-0.4, -0.2) is 30.4 Å². The van der Waals surface area contributed by atoms with E-state index in [1.807, 2.05) is 12.1 Å². The Bertz CT molecular complexity index is 1070. The minimum absolute atomic E-state index is 0.0466. The first kappa shape index (κ1) is 18.9. The summed E-state index contributed by atoms with van der Waals surface area (Å²) in [6, 6.07) is 23.4. The van der Waals surface area contributed by atoms with Gasteiger partial charge in [0.25, 0.3) is 0 Å². The van der Waals surface area contributed by atoms with E-state index >= 15 is 0 Å². The third-order valence-electron chi connectivity index (χ3n) is 6.17. The smallest absolute Gasteiger partial charge is 0.238 e. The van der Waals surface area contributed by atoms with E-state index in [0.29, 0.717) is 6.54 Å². The number of carbonyl (C=O) groups excluding carboxylic acids is 1. The molecule has 0 radical (unpaired) electrons. The average Bonchev–Trinajstić information content (AvgIpc) is 3.18. The van der Waals surface area contributed by atoms with E-state index in [1.54, 1.807) is 0 Å². The summed E-state index contributed by atoms with van der Waals surface area (Å²) in [6.07, 6.45) is 2.09. The first-order valence-corrected chi connectivity index (χ1v) is 10.7. The largest absolute Gasteiger partial charge is 0.341 e. The molecular weight excluding hydrogens is 370 g/mol. The number of rotatable bonds is 4. The van der Waals surface area contributed by atoms with Crippen LogP contribution < -0.4 is 10.2 Å². The van der Waals surface area contributed by atoms with Crippen molar-refractivity contribution in [3.05, 3.63) is 89.0 Å². The number of fused-ring (bicyclic) bond motifs is 2. The molecular formula is C26H27N3O. The first-order valence-electron chi connectivity index (χ1n) is 10.7. The standard InChI is InChI=1S/C26H27N3O/c1-19-6-7-20-12-14-28(17-22(20)16-19)18-26(30)27-23-8-10-24(11-9-23)29-15-13-21-4-2-3-5-25(21)29/h2-11,16H,12-15,17-18H2,1H3,(H,27,30). The lowest BCUT2D eigenvalue weighted by molar-refractivity contribution is -0.117. The fourth-order valence-electron chi connectivity index (χ4n) is 4.61. The Morgan fingerprint density at radius 2 is 1.70 bits per heavy atom. The van der Waals surface area contributed by atoms with Crippen LogP contribution in [0.5, 0.6) is 0 Å². The summed E-state index contributed by atoms with van der Waals surface area (Å²) in [5.41, 5.74) is 8.75. The number of benzene rings is 3. The number of aryl methyl sites for hydroxylation is 1. The van der Waals surface area contributed by atoms with E-state index in [-0.39, 0.29) is 5.91 Å². The third kappa shape index (κ3) is 3.83. The molecule has 0 atom stereocenters. The monoisotopic (exact) mass is 397 g/mol. The Balaban J connectivity index is 1.20. The molecule has 0 unspecified atom stereocenters. The molecule has 2 aliphatic heterocycles. The number of carbonyl (C=O) groups is 1. The van der Waals surface area contributed by atoms with Gasteiger partial charge >= 0.3 is 0 Å². The van der Waals surface area contributed by atoms with Crippen LogP contribution in [0.4, 0.5) is 17.1 Å². The maximum atomic E-state index is 12.6. The molecule has 2 aliphatic rings. The zero-order valence-electron chi connectivity index (χ0n) is 17.4. The minimum Gasteiger partial charge on any atom is -0.341 e. The van der Waals surface area contributed by atoms with E-state index in [9.17, 15) is 4.79 Å². The molecule has 1 amide bonds. The molecule has 3 aromatic carbocycles. The fraction of sp³-hybridized carbons (Fsp3) is 0.269. The Kier molecular flexibility index (Phi) is 5.01. The Hall–Kier alpha value is -3.11. The van der Waals surface area contributed by atoms with E-state index in [0.717, 1.165) is 38.2 Å². The van der Waals surface area contributed by atoms with Crippen molar-refractivity contribution in [1.29, 1.82) is 0 Å². The lowest BCUT2D eigenvalue weighted by Crippen LogP contribution is -2.37. The van der Waals surface area contributed by atoms with Crippen LogP contribution in [0.15, 0.2) is 66.7 Å². The van der Waals surface area contributed by atoms with Gasteiger partial charge in [0.1, 0.15) is 0 Å². The zero-order valence-corrected chi connectivity index (χ0v) is 17.4. The summed E-state index contributed by atoms with van der Waals surface area (Å²) < 4.78 is 0. The molecule has 0 aromatic heterocycles. The molecule has 152 valence electrons. The highest BCUT2D eigenvalue weighted by Crippen LogP contribution is 2.34. The Morgan fingerprint density at radius 1 is 0.900 bits per heavy atom. The molecule has 0 saturated heterocycles. The van der Waals surface area contributed by atoms with Crippen LogP contribution in [0.2, 0.25) is 0 Å². The highest BCUT2D eigenvalue weighted by atomic mass is 16.2. The van der Waals surface area contributed by atoms with E-state index < -0.39 is 0 Å². The fourth-order valence-corrected chi connectivity index (χ4v) is 4.61. The lowest BCUT2D eigenvalue weighted by atomic mass is 9.98. The normalized spacial score (nSPS) is 15.6. The maximum Gasteiger partial charge on any atom is 0.238 e. The summed E-state index contributed by atoms with van der Waals surface area (Å²) in [6.45, 7) is 5.32. The van der Waals surface area contributed by atoms with Gasteiger partial charge in [-0.15, -0.1) is 0 Å². The van der Waals surface area contributed by atoms with Crippen LogP contribution in [0, 0.1) is 6.92 Å². The zero-order chi connectivity index (χ0) is 20.5. The number of nitrogens with zero attached hydrogens (tertiary/aromatic N) is 2. The van der Waals surface area contributed by atoms with Crippen molar-refractivity contribution >= 4 is 23.0 Å². The molecule has 2 heterocycles. The molecule has 4 nitrogen and oxygen atoms in total. The summed E-state index contributed by atoms with van der Waals surface area (Å²) >= 11 is 0. The minimum atomic E-state index is 0.0466. The molecule has 3 aromatic rings. The molecule has 0 bridgehead atoms. The van der Waals surface area contributed by atoms with E-state index in [1.165, 1.54) is 33.6 Å². The first-order chi connectivity index (χ1) is 14.7. The van der Waals surface area contributed by atoms with Crippen LogP contribution in [0.3, 0.4) is 0 Å². The van der Waals surface area contributed by atoms with Gasteiger partial charge in [0.2, 0.25) is 5.91 Å². The predicted octanol–water partition coefficient (Wildman–Crippen LogP) is 4.69. The van der Waals surface area contributed by atoms with Gasteiger partial charge in [-0.25, -0.2) is 0 Å². The van der Waals surface area contributed by atoms with E-state index in [2.05, 4.69) is 76.6 Å². The van der Waals surface area contributed by atoms with Gasteiger partial charge in [-0.1, -0.05) is 42.0 Å². The number of anilines is 3. The second-order valence-corrected chi connectivity index (χ2v) is 8.36.